The largest absolute Gasteiger partial charge is 0.487 e. The molecule has 0 saturated carbocycles. The maximum Gasteiger partial charge on any atom is 0.390 e. The molecule has 0 fully saturated rings. The number of nitrogens with zero attached hydrogens (tertiary/aromatic N) is 7. The van der Waals surface area contributed by atoms with E-state index in [9.17, 15) is 14.9 Å². The number of aryl methyl sites for hydroxylation is 1. The summed E-state index contributed by atoms with van der Waals surface area (Å²) in [4.78, 5) is 40.4. The Balaban J connectivity index is 1.23. The van der Waals surface area contributed by atoms with Crippen molar-refractivity contribution in [2.45, 2.75) is 13.2 Å². The van der Waals surface area contributed by atoms with E-state index in [-0.39, 0.29) is 11.7 Å². The van der Waals surface area contributed by atoms with Crippen molar-refractivity contribution < 1.29 is 18.9 Å². The fourth-order valence-corrected chi connectivity index (χ4v) is 5.06. The highest BCUT2D eigenvalue weighted by atomic mass is 35.5. The molecule has 3 aromatic heterocycles. The Kier molecular flexibility index (Phi) is 9.75. The van der Waals surface area contributed by atoms with E-state index in [1.54, 1.807) is 48.2 Å². The van der Waals surface area contributed by atoms with E-state index < -0.39 is 4.92 Å². The second-order valence-corrected chi connectivity index (χ2v) is 11.9. The van der Waals surface area contributed by atoms with Crippen molar-refractivity contribution in [3.63, 3.8) is 0 Å². The van der Waals surface area contributed by atoms with Gasteiger partial charge in [0.25, 0.3) is 0 Å². The number of aromatic nitrogens is 5. The molecule has 0 radical (unpaired) electrons. The molecule has 13 nitrogen and oxygen atoms in total. The van der Waals surface area contributed by atoms with Crippen LogP contribution in [0.4, 0.5) is 23.1 Å². The molecular formula is C31H30Cl2N9O4+. The normalized spacial score (nSPS) is 11.6. The van der Waals surface area contributed by atoms with E-state index in [0.717, 1.165) is 5.56 Å². The number of benzene rings is 2. The number of anilines is 3. The van der Waals surface area contributed by atoms with Crippen LogP contribution in [0.5, 0.6) is 5.75 Å². The summed E-state index contributed by atoms with van der Waals surface area (Å²) in [6, 6.07) is 14.4. The number of carbonyl (C=O) groups is 1. The molecule has 236 valence electrons. The third kappa shape index (κ3) is 8.13. The van der Waals surface area contributed by atoms with Crippen molar-refractivity contribution in [1.82, 2.24) is 24.5 Å². The Labute approximate surface area is 274 Å². The van der Waals surface area contributed by atoms with Crippen LogP contribution in [0.2, 0.25) is 10.0 Å². The smallest absolute Gasteiger partial charge is 0.390 e. The number of hydrogen-bond donors (Lipinski definition) is 2. The Hall–Kier alpha value is -5.11. The molecule has 0 unspecified atom stereocenters. The van der Waals surface area contributed by atoms with Crippen LogP contribution in [0, 0.1) is 10.1 Å². The van der Waals surface area contributed by atoms with Crippen molar-refractivity contribution in [2.75, 3.05) is 31.3 Å². The predicted octanol–water partition coefficient (Wildman–Crippen LogP) is 6.07. The fraction of sp³-hybridized carbons (Fsp3) is 0.194. The van der Waals surface area contributed by atoms with Gasteiger partial charge in [-0.1, -0.05) is 35.3 Å². The van der Waals surface area contributed by atoms with Crippen molar-refractivity contribution in [1.29, 1.82) is 0 Å². The summed E-state index contributed by atoms with van der Waals surface area (Å²) in [5.41, 5.74) is 2.66. The maximum atomic E-state index is 12.7. The number of pyridine rings is 1. The summed E-state index contributed by atoms with van der Waals surface area (Å²) in [5.74, 6) is 0.759. The molecule has 0 aliphatic carbocycles. The van der Waals surface area contributed by atoms with Gasteiger partial charge in [-0.2, -0.15) is 0 Å². The number of imidazole rings is 1. The first-order valence-electron chi connectivity index (χ1n) is 14.0. The number of fused-ring (bicyclic) bond motifs is 1. The van der Waals surface area contributed by atoms with Gasteiger partial charge in [0.2, 0.25) is 12.2 Å². The van der Waals surface area contributed by atoms with Gasteiger partial charge in [-0.3, -0.25) is 4.79 Å². The highest BCUT2D eigenvalue weighted by molar-refractivity contribution is 6.32. The third-order valence-electron chi connectivity index (χ3n) is 6.91. The molecule has 0 spiro atoms. The van der Waals surface area contributed by atoms with Crippen LogP contribution in [-0.4, -0.2) is 60.5 Å². The van der Waals surface area contributed by atoms with E-state index in [1.165, 1.54) is 18.7 Å². The minimum Gasteiger partial charge on any atom is -0.487 e. The van der Waals surface area contributed by atoms with Gasteiger partial charge in [0, 0.05) is 29.2 Å². The highest BCUT2D eigenvalue weighted by Crippen LogP contribution is 2.31. The van der Waals surface area contributed by atoms with Crippen LogP contribution in [-0.2, 0) is 25.0 Å². The number of amides is 1. The van der Waals surface area contributed by atoms with E-state index in [0.29, 0.717) is 73.9 Å². The molecule has 2 aromatic carbocycles. The molecule has 15 heteroatoms. The molecule has 0 aliphatic heterocycles. The maximum absolute atomic E-state index is 12.7. The molecule has 3 heterocycles. The lowest BCUT2D eigenvalue weighted by molar-refractivity contribution is -0.898. The van der Waals surface area contributed by atoms with Gasteiger partial charge < -0.3 is 34.5 Å². The standard InChI is InChI=1S/C31H29Cl2N9O4/c1-40-19-37-31(41(44)45)26(40)16-42(2,3)11-5-8-29(43)39-28-14-23-25(15-34-28)35-18-36-30(23)38-22-9-10-27(24(33)13-22)46-17-20-6-4-7-21(32)12-20/h4-10,12-15,18-19H,11,16-17H2,1-3H3,(H-,34,35,36,38,39,43)/p+1. The summed E-state index contributed by atoms with van der Waals surface area (Å²) in [5, 5.41) is 19.0. The van der Waals surface area contributed by atoms with Crippen LogP contribution < -0.4 is 15.4 Å². The topological polar surface area (TPSA) is 150 Å². The minimum atomic E-state index is -0.494. The summed E-state index contributed by atoms with van der Waals surface area (Å²) in [7, 11) is 5.53. The Bertz CT molecular complexity index is 1950. The monoisotopic (exact) mass is 662 g/mol. The van der Waals surface area contributed by atoms with Crippen LogP contribution in [0.1, 0.15) is 11.3 Å². The van der Waals surface area contributed by atoms with Crippen LogP contribution in [0.15, 0.2) is 79.5 Å². The summed E-state index contributed by atoms with van der Waals surface area (Å²) in [6.45, 7) is 1.10. The number of halogens is 2. The average Bonchev–Trinajstić information content (AvgIpc) is 3.36. The first kappa shape index (κ1) is 32.3. The number of nitrogens with one attached hydrogen (secondary N) is 2. The molecule has 5 aromatic rings. The molecular weight excluding hydrogens is 633 g/mol. The first-order chi connectivity index (χ1) is 22.0. The van der Waals surface area contributed by atoms with Gasteiger partial charge in [0.15, 0.2) is 5.69 Å². The van der Waals surface area contributed by atoms with Crippen molar-refractivity contribution in [3.8, 4) is 5.75 Å². The zero-order chi connectivity index (χ0) is 32.8. The molecule has 0 saturated heterocycles. The zero-order valence-electron chi connectivity index (χ0n) is 25.1. The molecule has 0 atom stereocenters. The Morgan fingerprint density at radius 3 is 2.70 bits per heavy atom. The van der Waals surface area contributed by atoms with Gasteiger partial charge in [0.05, 0.1) is 37.4 Å². The predicted molar refractivity (Wildman–Crippen MR) is 176 cm³/mol. The van der Waals surface area contributed by atoms with E-state index in [2.05, 4.69) is 30.6 Å². The second kappa shape index (κ2) is 13.9. The Morgan fingerprint density at radius 2 is 1.93 bits per heavy atom. The van der Waals surface area contributed by atoms with Crippen molar-refractivity contribution >= 4 is 63.2 Å². The number of carbonyl (C=O) groups excluding carboxylic acids is 1. The van der Waals surface area contributed by atoms with Crippen LogP contribution >= 0.6 is 23.2 Å². The SMILES string of the molecule is Cn1cnc([N+](=O)[O-])c1C[N+](C)(C)CC=CC(=O)Nc1cc2c(Nc3ccc(OCc4cccc(Cl)c4)c(Cl)c3)ncnc2cn1. The molecule has 46 heavy (non-hydrogen) atoms. The van der Waals surface area contributed by atoms with Gasteiger partial charge in [-0.25, -0.2) is 15.0 Å². The number of hydrogen-bond acceptors (Lipinski definition) is 9. The lowest BCUT2D eigenvalue weighted by Gasteiger charge is -2.27. The number of ether oxygens (including phenoxy) is 1. The summed E-state index contributed by atoms with van der Waals surface area (Å²) >= 11 is 12.6. The van der Waals surface area contributed by atoms with E-state index >= 15 is 0 Å². The van der Waals surface area contributed by atoms with E-state index in [1.807, 2.05) is 38.4 Å². The zero-order valence-corrected chi connectivity index (χ0v) is 26.7. The molecule has 5 rings (SSSR count). The van der Waals surface area contributed by atoms with E-state index in [4.69, 9.17) is 27.9 Å². The first-order valence-corrected chi connectivity index (χ1v) is 14.7. The molecule has 0 aliphatic rings. The van der Waals surface area contributed by atoms with Crippen molar-refractivity contribution in [2.24, 2.45) is 7.05 Å². The number of nitro groups is 1. The van der Waals surface area contributed by atoms with Gasteiger partial charge in [0.1, 0.15) is 36.9 Å². The second-order valence-electron chi connectivity index (χ2n) is 11.0. The van der Waals surface area contributed by atoms with Crippen LogP contribution in [0.25, 0.3) is 10.9 Å². The molecule has 0 bridgehead atoms. The van der Waals surface area contributed by atoms with Crippen molar-refractivity contribution in [3.05, 3.63) is 111 Å². The summed E-state index contributed by atoms with van der Waals surface area (Å²) < 4.78 is 7.87. The summed E-state index contributed by atoms with van der Waals surface area (Å²) in [6.07, 6.45) is 7.49. The van der Waals surface area contributed by atoms with Gasteiger partial charge >= 0.3 is 5.82 Å². The lowest BCUT2D eigenvalue weighted by atomic mass is 10.2. The average molecular weight is 664 g/mol. The van der Waals surface area contributed by atoms with Crippen LogP contribution in [0.3, 0.4) is 0 Å². The van der Waals surface area contributed by atoms with Gasteiger partial charge in [-0.05, 0) is 57.9 Å². The highest BCUT2D eigenvalue weighted by Gasteiger charge is 2.27. The number of rotatable bonds is 12. The van der Waals surface area contributed by atoms with Gasteiger partial charge in [-0.15, -0.1) is 0 Å². The lowest BCUT2D eigenvalue weighted by Crippen LogP contribution is -2.39. The fourth-order valence-electron chi connectivity index (χ4n) is 4.61. The number of quaternary nitrogens is 1. The molecule has 2 N–H and O–H groups in total. The Morgan fingerprint density at radius 1 is 1.11 bits per heavy atom. The quantitative estimate of drug-likeness (QED) is 0.0702. The molecule has 1 amide bonds. The minimum absolute atomic E-state index is 0.172. The third-order valence-corrected chi connectivity index (χ3v) is 7.44. The number of likely N-dealkylation sites (N-methyl/N-ethyl adjacent to an activating group) is 1.